The molecule has 2 aliphatic rings. The minimum atomic E-state index is -2.94. The molecule has 2 saturated heterocycles. The van der Waals surface area contributed by atoms with Crippen molar-refractivity contribution in [3.8, 4) is 0 Å². The second-order valence-corrected chi connectivity index (χ2v) is 8.16. The Kier molecular flexibility index (Phi) is 23.4. The zero-order valence-corrected chi connectivity index (χ0v) is 30.6. The molecule has 0 bridgehead atoms. The summed E-state index contributed by atoms with van der Waals surface area (Å²) >= 11 is 0. The Labute approximate surface area is 323 Å². The number of aliphatic carboxylic acids is 4. The van der Waals surface area contributed by atoms with Gasteiger partial charge >= 0.3 is 118 Å². The second-order valence-electron chi connectivity index (χ2n) is 8.16. The van der Waals surface area contributed by atoms with Crippen molar-refractivity contribution in [2.45, 2.75) is 85.8 Å². The van der Waals surface area contributed by atoms with Crippen LogP contribution in [0.2, 0.25) is 0 Å². The summed E-state index contributed by atoms with van der Waals surface area (Å²) in [5.74, 6) is -9.15. The van der Waals surface area contributed by atoms with Gasteiger partial charge in [-0.1, -0.05) is 0 Å². The van der Waals surface area contributed by atoms with E-state index >= 15 is 0 Å². The van der Waals surface area contributed by atoms with Crippen molar-refractivity contribution in [3.05, 3.63) is 0 Å². The molecule has 2 aliphatic heterocycles. The third-order valence-corrected chi connectivity index (χ3v) is 5.62. The van der Waals surface area contributed by atoms with E-state index in [0.717, 1.165) is 0 Å². The summed E-state index contributed by atoms with van der Waals surface area (Å²) in [5.41, 5.74) is 0. The fourth-order valence-corrected chi connectivity index (χ4v) is 3.55. The van der Waals surface area contributed by atoms with Gasteiger partial charge < -0.3 is 99.4 Å². The molecule has 0 radical (unpaired) electrons. The van der Waals surface area contributed by atoms with E-state index in [1.165, 1.54) is 0 Å². The first-order chi connectivity index (χ1) is 17.5. The first kappa shape index (κ1) is 47.8. The van der Waals surface area contributed by atoms with Gasteiger partial charge in [-0.05, 0) is 0 Å². The SMILES string of the molecule is O=C([O-])C(O)C(O)[C@H](O[C@@H]1OC(C(=O)[O-])[C@H](O[C@H]2O[C@H](C(=O)[O-])[C@@H](O)C(O)C2O)[C@H](O)C1O)C(O)C(=O)[O-].[Na+].[Na+].[Na+].[Na+]. The number of carboxylic acid groups (broad SMARTS) is 4. The van der Waals surface area contributed by atoms with Crippen LogP contribution in [0.25, 0.3) is 0 Å². The van der Waals surface area contributed by atoms with E-state index in [1.807, 2.05) is 0 Å². The van der Waals surface area contributed by atoms with Crippen molar-refractivity contribution in [2.24, 2.45) is 0 Å². The monoisotopic (exact) mass is 650 g/mol. The molecule has 7 unspecified atom stereocenters. The zero-order valence-electron chi connectivity index (χ0n) is 22.6. The molecule has 0 spiro atoms. The number of aliphatic hydroxyl groups is 8. The molecule has 20 nitrogen and oxygen atoms in total. The van der Waals surface area contributed by atoms with Crippen molar-refractivity contribution in [1.29, 1.82) is 0 Å². The van der Waals surface area contributed by atoms with E-state index < -0.39 is 110 Å². The minimum Gasteiger partial charge on any atom is -0.547 e. The number of rotatable bonds is 11. The topological polar surface area (TPSA) is 359 Å². The largest absolute Gasteiger partial charge is 1.00 e. The van der Waals surface area contributed by atoms with Gasteiger partial charge in [0.05, 0.1) is 23.9 Å². The quantitative estimate of drug-likeness (QED) is 0.0962. The van der Waals surface area contributed by atoms with Crippen LogP contribution in [0.5, 0.6) is 0 Å². The third kappa shape index (κ3) is 11.3. The third-order valence-electron chi connectivity index (χ3n) is 5.62. The summed E-state index contributed by atoms with van der Waals surface area (Å²) in [6, 6.07) is 0. The van der Waals surface area contributed by atoms with Gasteiger partial charge in [0.2, 0.25) is 0 Å². The maximum absolute atomic E-state index is 11.6. The molecular weight excluding hydrogens is 628 g/mol. The van der Waals surface area contributed by atoms with Gasteiger partial charge in [0.15, 0.2) is 12.6 Å². The van der Waals surface area contributed by atoms with Gasteiger partial charge in [-0.2, -0.15) is 0 Å². The number of carbonyl (C=O) groups excluding carboxylic acids is 4. The predicted octanol–water partition coefficient (Wildman–Crippen LogP) is -24.9. The Balaban J connectivity index is -0.00000380. The van der Waals surface area contributed by atoms with Crippen LogP contribution in [0.1, 0.15) is 0 Å². The predicted molar refractivity (Wildman–Crippen MR) is 95.2 cm³/mol. The van der Waals surface area contributed by atoms with Crippen LogP contribution in [-0.2, 0) is 38.1 Å². The molecule has 8 N–H and O–H groups in total. The average molecular weight is 650 g/mol. The van der Waals surface area contributed by atoms with Crippen LogP contribution < -0.4 is 139 Å². The Morgan fingerprint density at radius 2 is 1.02 bits per heavy atom. The van der Waals surface area contributed by atoms with E-state index in [-0.39, 0.29) is 118 Å². The first-order valence-electron chi connectivity index (χ1n) is 10.4. The number of aliphatic hydroxyl groups excluding tert-OH is 8. The number of ether oxygens (including phenoxy) is 4. The molecule has 24 heteroatoms. The van der Waals surface area contributed by atoms with Gasteiger partial charge in [0.25, 0.3) is 0 Å². The maximum atomic E-state index is 11.6. The summed E-state index contributed by atoms with van der Waals surface area (Å²) in [6.07, 6.45) is -35.2. The molecule has 42 heavy (non-hydrogen) atoms. The minimum absolute atomic E-state index is 0. The second kappa shape index (κ2) is 20.6. The van der Waals surface area contributed by atoms with Gasteiger partial charge in [0.1, 0.15) is 73.2 Å². The van der Waals surface area contributed by atoms with Crippen LogP contribution in [0.15, 0.2) is 0 Å². The van der Waals surface area contributed by atoms with Crippen molar-refractivity contribution >= 4 is 23.9 Å². The molecule has 2 heterocycles. The Bertz CT molecular complexity index is 899. The Morgan fingerprint density at radius 1 is 0.595 bits per heavy atom. The van der Waals surface area contributed by atoms with Gasteiger partial charge in [0, 0.05) is 0 Å². The fourth-order valence-electron chi connectivity index (χ4n) is 3.55. The van der Waals surface area contributed by atoms with Gasteiger partial charge in [-0.25, -0.2) is 0 Å². The molecule has 0 aromatic heterocycles. The molecule has 0 aromatic carbocycles. The van der Waals surface area contributed by atoms with Crippen LogP contribution >= 0.6 is 0 Å². The Hall–Kier alpha value is 1.40. The van der Waals surface area contributed by atoms with Crippen molar-refractivity contribution < 1.29 is 218 Å². The maximum Gasteiger partial charge on any atom is 1.00 e. The van der Waals surface area contributed by atoms with E-state index in [2.05, 4.69) is 0 Å². The van der Waals surface area contributed by atoms with Crippen molar-refractivity contribution in [1.82, 2.24) is 0 Å². The fraction of sp³-hybridized carbons (Fsp3) is 0.778. The van der Waals surface area contributed by atoms with Gasteiger partial charge in [-0.15, -0.1) is 0 Å². The summed E-state index contributed by atoms with van der Waals surface area (Å²) in [7, 11) is 0. The summed E-state index contributed by atoms with van der Waals surface area (Å²) < 4.78 is 19.3. The number of hydrogen-bond donors (Lipinski definition) is 8. The van der Waals surface area contributed by atoms with Crippen LogP contribution in [0.3, 0.4) is 0 Å². The van der Waals surface area contributed by atoms with Gasteiger partial charge in [-0.3, -0.25) is 0 Å². The number of carboxylic acids is 4. The first-order valence-corrected chi connectivity index (χ1v) is 10.4. The summed E-state index contributed by atoms with van der Waals surface area (Å²) in [6.45, 7) is 0. The summed E-state index contributed by atoms with van der Waals surface area (Å²) in [5, 5.41) is 124. The molecule has 2 fully saturated rings. The number of hydrogen-bond acceptors (Lipinski definition) is 20. The van der Waals surface area contributed by atoms with Crippen molar-refractivity contribution in [2.75, 3.05) is 0 Å². The molecule has 0 aromatic rings. The smallest absolute Gasteiger partial charge is 0.547 e. The number of carbonyl (C=O) groups is 4. The zero-order chi connectivity index (χ0) is 29.2. The van der Waals surface area contributed by atoms with E-state index in [0.29, 0.717) is 0 Å². The standard InChI is InChI=1S/C18H26O20.4Na/c19-1-2(20)11(15(31)32)37-17(6(1)24)36-10-4(22)7(25)18(38-12(10)16(33)34)35-9(8(26)14(29)30)3(21)5(23)13(27)28;;;;/h1-12,17-26H,(H,27,28)(H,29,30)(H,31,32)(H,33,34);;;;/q;4*+1/p-4/t1?,2-,3?,4+,5?,6?,7?,8?,9-,10+,11-,12?,17-,18+;;;;/m0..../s1. The van der Waals surface area contributed by atoms with E-state index in [1.54, 1.807) is 0 Å². The molecule has 2 rings (SSSR count). The van der Waals surface area contributed by atoms with Crippen LogP contribution in [-0.4, -0.2) is 151 Å². The van der Waals surface area contributed by atoms with E-state index in [9.17, 15) is 80.5 Å². The van der Waals surface area contributed by atoms with Crippen molar-refractivity contribution in [3.63, 3.8) is 0 Å². The van der Waals surface area contributed by atoms with E-state index in [4.69, 9.17) is 18.9 Å². The Morgan fingerprint density at radius 3 is 1.45 bits per heavy atom. The molecule has 0 amide bonds. The van der Waals surface area contributed by atoms with Crippen LogP contribution in [0.4, 0.5) is 0 Å². The molecule has 218 valence electrons. The molecular formula is C18H22Na4O20. The molecule has 14 atom stereocenters. The van der Waals surface area contributed by atoms with Crippen LogP contribution in [0, 0.1) is 0 Å². The normalized spacial score (nSPS) is 35.2. The average Bonchev–Trinajstić information content (AvgIpc) is 2.84. The molecule has 0 aliphatic carbocycles. The molecule has 0 saturated carbocycles. The summed E-state index contributed by atoms with van der Waals surface area (Å²) in [4.78, 5) is 44.6.